The van der Waals surface area contributed by atoms with Crippen LogP contribution in [0, 0.1) is 0 Å². The van der Waals surface area contributed by atoms with Crippen molar-refractivity contribution in [2.45, 2.75) is 82.6 Å². The van der Waals surface area contributed by atoms with Gasteiger partial charge in [-0.1, -0.05) is 55.9 Å². The van der Waals surface area contributed by atoms with E-state index in [4.69, 9.17) is 5.10 Å². The number of aromatic nitrogens is 5. The van der Waals surface area contributed by atoms with Crippen LogP contribution in [0.2, 0.25) is 0 Å². The Kier molecular flexibility index (Phi) is 6.53. The molecule has 2 fully saturated rings. The van der Waals surface area contributed by atoms with Gasteiger partial charge >= 0.3 is 0 Å². The fraction of sp³-hybridized carbons (Fsp3) is 0.448. The maximum absolute atomic E-state index is 12.7. The number of nitrogens with zero attached hydrogens (tertiary/aromatic N) is 5. The quantitative estimate of drug-likeness (QED) is 0.347. The van der Waals surface area contributed by atoms with E-state index in [1.165, 1.54) is 75.6 Å². The van der Waals surface area contributed by atoms with Gasteiger partial charge in [-0.15, -0.1) is 5.10 Å². The van der Waals surface area contributed by atoms with Crippen molar-refractivity contribution < 1.29 is 4.79 Å². The van der Waals surface area contributed by atoms with Crippen LogP contribution >= 0.6 is 0 Å². The molecule has 6 rings (SSSR count). The summed E-state index contributed by atoms with van der Waals surface area (Å²) < 4.78 is 3.82. The number of hydrogen-bond donors (Lipinski definition) is 1. The minimum atomic E-state index is -0.125. The Morgan fingerprint density at radius 1 is 0.861 bits per heavy atom. The molecule has 2 aliphatic rings. The second kappa shape index (κ2) is 10.2. The largest absolute Gasteiger partial charge is 0.324 e. The summed E-state index contributed by atoms with van der Waals surface area (Å²) in [5, 5.41) is 16.4. The van der Waals surface area contributed by atoms with Crippen molar-refractivity contribution in [2.75, 3.05) is 5.32 Å². The van der Waals surface area contributed by atoms with E-state index >= 15 is 0 Å². The lowest BCUT2D eigenvalue weighted by molar-refractivity contribution is -0.116. The number of carbonyl (C=O) groups is 1. The predicted molar refractivity (Wildman–Crippen MR) is 141 cm³/mol. The van der Waals surface area contributed by atoms with Crippen LogP contribution in [-0.4, -0.2) is 30.7 Å². The zero-order valence-electron chi connectivity index (χ0n) is 20.8. The van der Waals surface area contributed by atoms with Crippen molar-refractivity contribution in [1.82, 2.24) is 24.8 Å². The molecule has 0 atom stereocenters. The SMILES string of the molecule is O=C(Cn1nnc2ccccc21)Nc1ccc(-n2nc(C3CCCCC3)cc2C2CCCCC2)cc1. The summed E-state index contributed by atoms with van der Waals surface area (Å²) in [5.74, 6) is 1.05. The highest BCUT2D eigenvalue weighted by Gasteiger charge is 2.25. The number of anilines is 1. The molecule has 0 saturated heterocycles. The van der Waals surface area contributed by atoms with Crippen molar-refractivity contribution in [1.29, 1.82) is 0 Å². The first-order valence-electron chi connectivity index (χ1n) is 13.5. The third-order valence-corrected chi connectivity index (χ3v) is 7.91. The van der Waals surface area contributed by atoms with Gasteiger partial charge in [0.05, 0.1) is 16.9 Å². The molecule has 36 heavy (non-hydrogen) atoms. The van der Waals surface area contributed by atoms with Crippen LogP contribution in [0.15, 0.2) is 54.6 Å². The van der Waals surface area contributed by atoms with Gasteiger partial charge in [-0.05, 0) is 68.1 Å². The van der Waals surface area contributed by atoms with Gasteiger partial charge in [0.15, 0.2) is 0 Å². The zero-order chi connectivity index (χ0) is 24.3. The van der Waals surface area contributed by atoms with Crippen LogP contribution in [0.1, 0.15) is 87.4 Å². The van der Waals surface area contributed by atoms with E-state index in [-0.39, 0.29) is 12.5 Å². The molecule has 1 amide bonds. The van der Waals surface area contributed by atoms with Crippen molar-refractivity contribution in [2.24, 2.45) is 0 Å². The molecule has 7 heteroatoms. The Balaban J connectivity index is 1.20. The lowest BCUT2D eigenvalue weighted by Gasteiger charge is -2.22. The minimum Gasteiger partial charge on any atom is -0.324 e. The van der Waals surface area contributed by atoms with Gasteiger partial charge in [0.2, 0.25) is 5.91 Å². The summed E-state index contributed by atoms with van der Waals surface area (Å²) in [6, 6.07) is 18.2. The second-order valence-corrected chi connectivity index (χ2v) is 10.4. The number of benzene rings is 2. The summed E-state index contributed by atoms with van der Waals surface area (Å²) in [6.45, 7) is 0.123. The molecule has 0 radical (unpaired) electrons. The van der Waals surface area contributed by atoms with Gasteiger partial charge in [-0.2, -0.15) is 5.10 Å². The first-order chi connectivity index (χ1) is 17.7. The first kappa shape index (κ1) is 23.0. The van der Waals surface area contributed by atoms with E-state index in [2.05, 4.69) is 38.5 Å². The smallest absolute Gasteiger partial charge is 0.246 e. The van der Waals surface area contributed by atoms with E-state index in [0.29, 0.717) is 11.8 Å². The number of hydrogen-bond acceptors (Lipinski definition) is 4. The Labute approximate surface area is 211 Å². The van der Waals surface area contributed by atoms with E-state index < -0.39 is 0 Å². The van der Waals surface area contributed by atoms with Gasteiger partial charge < -0.3 is 5.32 Å². The molecule has 0 spiro atoms. The molecule has 2 aromatic heterocycles. The van der Waals surface area contributed by atoms with Crippen LogP contribution in [0.4, 0.5) is 5.69 Å². The molecular formula is C29H34N6O. The Morgan fingerprint density at radius 2 is 1.56 bits per heavy atom. The summed E-state index contributed by atoms with van der Waals surface area (Å²) in [7, 11) is 0. The second-order valence-electron chi connectivity index (χ2n) is 10.4. The number of amides is 1. The Morgan fingerprint density at radius 3 is 2.31 bits per heavy atom. The molecule has 0 aliphatic heterocycles. The number of fused-ring (bicyclic) bond motifs is 1. The van der Waals surface area contributed by atoms with Gasteiger partial charge in [0, 0.05) is 23.2 Å². The lowest BCUT2D eigenvalue weighted by Crippen LogP contribution is -2.19. The van der Waals surface area contributed by atoms with Crippen molar-refractivity contribution >= 4 is 22.6 Å². The average molecular weight is 483 g/mol. The van der Waals surface area contributed by atoms with Crippen LogP contribution in [0.25, 0.3) is 16.7 Å². The highest BCUT2D eigenvalue weighted by Crippen LogP contribution is 2.38. The highest BCUT2D eigenvalue weighted by molar-refractivity contribution is 5.91. The van der Waals surface area contributed by atoms with E-state index in [1.807, 2.05) is 36.4 Å². The summed E-state index contributed by atoms with van der Waals surface area (Å²) >= 11 is 0. The van der Waals surface area contributed by atoms with Crippen molar-refractivity contribution in [3.63, 3.8) is 0 Å². The minimum absolute atomic E-state index is 0.123. The van der Waals surface area contributed by atoms with Crippen LogP contribution in [0.3, 0.4) is 0 Å². The van der Waals surface area contributed by atoms with Crippen LogP contribution in [0.5, 0.6) is 0 Å². The lowest BCUT2D eigenvalue weighted by atomic mass is 9.84. The number of nitrogens with one attached hydrogen (secondary N) is 1. The molecule has 7 nitrogen and oxygen atoms in total. The number of carbonyl (C=O) groups excluding carboxylic acids is 1. The van der Waals surface area contributed by atoms with Crippen LogP contribution < -0.4 is 5.32 Å². The van der Waals surface area contributed by atoms with Crippen molar-refractivity contribution in [3.05, 3.63) is 66.0 Å². The third-order valence-electron chi connectivity index (χ3n) is 7.91. The maximum atomic E-state index is 12.7. The van der Waals surface area contributed by atoms with Gasteiger partial charge in [0.1, 0.15) is 12.1 Å². The maximum Gasteiger partial charge on any atom is 0.246 e. The first-order valence-corrected chi connectivity index (χ1v) is 13.5. The fourth-order valence-electron chi connectivity index (χ4n) is 5.97. The Hall–Kier alpha value is -3.48. The predicted octanol–water partition coefficient (Wildman–Crippen LogP) is 6.35. The molecule has 2 aliphatic carbocycles. The van der Waals surface area contributed by atoms with E-state index in [1.54, 1.807) is 4.68 Å². The number of para-hydroxylation sites is 1. The zero-order valence-corrected chi connectivity index (χ0v) is 20.8. The molecule has 1 N–H and O–H groups in total. The fourth-order valence-corrected chi connectivity index (χ4v) is 5.97. The summed E-state index contributed by atoms with van der Waals surface area (Å²) in [5.41, 5.74) is 6.11. The monoisotopic (exact) mass is 482 g/mol. The molecule has 2 aromatic carbocycles. The standard InChI is InChI=1S/C29H34N6O/c36-29(20-34-27-14-8-7-13-25(27)31-33-34)30-23-15-17-24(18-16-23)35-28(22-11-5-2-6-12-22)19-26(32-35)21-9-3-1-4-10-21/h7-8,13-19,21-22H,1-6,9-12,20H2,(H,30,36). The molecule has 0 bridgehead atoms. The molecule has 2 heterocycles. The summed E-state index contributed by atoms with van der Waals surface area (Å²) in [4.78, 5) is 12.7. The van der Waals surface area contributed by atoms with Crippen molar-refractivity contribution in [3.8, 4) is 5.69 Å². The normalized spacial score (nSPS) is 17.4. The molecule has 4 aromatic rings. The number of rotatable bonds is 6. The summed E-state index contributed by atoms with van der Waals surface area (Å²) in [6.07, 6.45) is 13.0. The topological polar surface area (TPSA) is 77.6 Å². The average Bonchev–Trinajstić information content (AvgIpc) is 3.55. The Bertz CT molecular complexity index is 1330. The molecular weight excluding hydrogens is 448 g/mol. The van der Waals surface area contributed by atoms with E-state index in [0.717, 1.165) is 22.4 Å². The third kappa shape index (κ3) is 4.79. The highest BCUT2D eigenvalue weighted by atomic mass is 16.2. The van der Waals surface area contributed by atoms with E-state index in [9.17, 15) is 4.79 Å². The van der Waals surface area contributed by atoms with Gasteiger partial charge in [0.25, 0.3) is 0 Å². The van der Waals surface area contributed by atoms with Crippen LogP contribution in [-0.2, 0) is 11.3 Å². The molecule has 0 unspecified atom stereocenters. The van der Waals surface area contributed by atoms with Gasteiger partial charge in [-0.25, -0.2) is 9.36 Å². The molecule has 186 valence electrons. The molecule has 2 saturated carbocycles. The van der Waals surface area contributed by atoms with Gasteiger partial charge in [-0.3, -0.25) is 4.79 Å².